The molecule has 0 bridgehead atoms. The summed E-state index contributed by atoms with van der Waals surface area (Å²) in [4.78, 5) is 11.0. The van der Waals surface area contributed by atoms with Crippen LogP contribution in [0.3, 0.4) is 0 Å². The van der Waals surface area contributed by atoms with Crippen LogP contribution in [0.15, 0.2) is 46.8 Å². The van der Waals surface area contributed by atoms with Crippen molar-refractivity contribution in [1.29, 1.82) is 0 Å². The first-order valence-corrected chi connectivity index (χ1v) is 12.7. The lowest BCUT2D eigenvalue weighted by atomic mass is 9.97. The zero-order valence-corrected chi connectivity index (χ0v) is 22.4. The van der Waals surface area contributed by atoms with Gasteiger partial charge in [0.1, 0.15) is 0 Å². The van der Waals surface area contributed by atoms with Gasteiger partial charge in [0.25, 0.3) is 0 Å². The molecule has 7 heteroatoms. The lowest BCUT2D eigenvalue weighted by molar-refractivity contribution is 0.179. The lowest BCUT2D eigenvalue weighted by Gasteiger charge is -2.32. The van der Waals surface area contributed by atoms with Gasteiger partial charge in [0.15, 0.2) is 5.96 Å². The van der Waals surface area contributed by atoms with Gasteiger partial charge in [-0.05, 0) is 80.4 Å². The van der Waals surface area contributed by atoms with Gasteiger partial charge in [0, 0.05) is 38.1 Å². The van der Waals surface area contributed by atoms with Crippen molar-refractivity contribution in [3.8, 4) is 0 Å². The van der Waals surface area contributed by atoms with E-state index in [9.17, 15) is 0 Å². The Morgan fingerprint density at radius 1 is 0.938 bits per heavy atom. The van der Waals surface area contributed by atoms with Crippen LogP contribution in [0.2, 0.25) is 0 Å². The van der Waals surface area contributed by atoms with Gasteiger partial charge in [0.2, 0.25) is 0 Å². The number of nitrogens with zero attached hydrogens (tertiary/aromatic N) is 3. The highest BCUT2D eigenvalue weighted by Gasteiger charge is 2.19. The van der Waals surface area contributed by atoms with Gasteiger partial charge in [-0.3, -0.25) is 14.8 Å². The number of aliphatic imine (C=N–C) groups is 1. The monoisotopic (exact) mass is 567 g/mol. The Hall–Kier alpha value is -1.16. The van der Waals surface area contributed by atoms with E-state index < -0.39 is 0 Å². The maximum Gasteiger partial charge on any atom is 0.191 e. The molecule has 5 nitrogen and oxygen atoms in total. The fraction of sp³-hybridized carbons (Fsp3) is 0.560. The third-order valence-corrected chi connectivity index (χ3v) is 7.40. The van der Waals surface area contributed by atoms with E-state index in [1.165, 1.54) is 67.9 Å². The molecule has 2 saturated heterocycles. The maximum atomic E-state index is 4.42. The van der Waals surface area contributed by atoms with Gasteiger partial charge in [0.05, 0.1) is 0 Å². The van der Waals surface area contributed by atoms with Crippen molar-refractivity contribution in [1.82, 2.24) is 20.4 Å². The molecular weight excluding hydrogens is 529 g/mol. The Labute approximate surface area is 214 Å². The molecule has 3 heterocycles. The predicted molar refractivity (Wildman–Crippen MR) is 147 cm³/mol. The van der Waals surface area contributed by atoms with E-state index in [1.807, 2.05) is 18.4 Å². The standard InChI is InChI=1S/C25H37N5S.HI/c1-26-25(27-17-21-6-8-23(9-7-21)19-29-12-2-3-13-29)28-18-22-10-14-30(15-11-22)20-24-5-4-16-31-24;/h4-9,16,22H,2-3,10-15,17-20H2,1H3,(H2,26,27,28);1H. The first-order valence-electron chi connectivity index (χ1n) is 11.8. The van der Waals surface area contributed by atoms with Gasteiger partial charge >= 0.3 is 0 Å². The molecule has 176 valence electrons. The van der Waals surface area contributed by atoms with Crippen LogP contribution in [-0.2, 0) is 19.6 Å². The minimum Gasteiger partial charge on any atom is -0.356 e. The summed E-state index contributed by atoms with van der Waals surface area (Å²) in [5, 5.41) is 9.20. The number of likely N-dealkylation sites (tertiary alicyclic amines) is 2. The molecule has 2 aliphatic rings. The number of nitrogens with one attached hydrogen (secondary N) is 2. The van der Waals surface area contributed by atoms with Crippen molar-refractivity contribution in [3.63, 3.8) is 0 Å². The fourth-order valence-electron chi connectivity index (χ4n) is 4.58. The van der Waals surface area contributed by atoms with Crippen molar-refractivity contribution in [3.05, 3.63) is 57.8 Å². The fourth-order valence-corrected chi connectivity index (χ4v) is 5.33. The molecular formula is C25H38IN5S. The van der Waals surface area contributed by atoms with Crippen molar-refractivity contribution < 1.29 is 0 Å². The van der Waals surface area contributed by atoms with E-state index in [2.05, 4.69) is 67.2 Å². The van der Waals surface area contributed by atoms with Crippen LogP contribution in [0.5, 0.6) is 0 Å². The third kappa shape index (κ3) is 8.01. The molecule has 0 aliphatic carbocycles. The maximum absolute atomic E-state index is 4.42. The highest BCUT2D eigenvalue weighted by atomic mass is 127. The molecule has 2 aliphatic heterocycles. The summed E-state index contributed by atoms with van der Waals surface area (Å²) in [6.45, 7) is 8.89. The zero-order chi connectivity index (χ0) is 21.3. The molecule has 1 aromatic carbocycles. The Kier molecular flexibility index (Phi) is 10.8. The Balaban J connectivity index is 0.00000289. The first kappa shape index (κ1) is 25.5. The molecule has 4 rings (SSSR count). The Bertz CT molecular complexity index is 794. The molecule has 2 aromatic rings. The third-order valence-electron chi connectivity index (χ3n) is 6.54. The number of benzene rings is 1. The Morgan fingerprint density at radius 3 is 2.28 bits per heavy atom. The molecule has 0 amide bonds. The number of hydrogen-bond donors (Lipinski definition) is 2. The number of thiophene rings is 1. The molecule has 2 fully saturated rings. The highest BCUT2D eigenvalue weighted by Crippen LogP contribution is 2.20. The molecule has 0 radical (unpaired) electrons. The van der Waals surface area contributed by atoms with Crippen LogP contribution < -0.4 is 10.6 Å². The van der Waals surface area contributed by atoms with Crippen molar-refractivity contribution in [2.45, 2.75) is 45.3 Å². The molecule has 1 aromatic heterocycles. The topological polar surface area (TPSA) is 42.9 Å². The lowest BCUT2D eigenvalue weighted by Crippen LogP contribution is -2.42. The van der Waals surface area contributed by atoms with Gasteiger partial charge < -0.3 is 10.6 Å². The minimum absolute atomic E-state index is 0. The molecule has 32 heavy (non-hydrogen) atoms. The SMILES string of the molecule is CN=C(NCc1ccc(CN2CCCC2)cc1)NCC1CCN(Cc2cccs2)CC1.I. The van der Waals surface area contributed by atoms with E-state index in [4.69, 9.17) is 0 Å². The molecule has 0 atom stereocenters. The first-order chi connectivity index (χ1) is 15.3. The van der Waals surface area contributed by atoms with Crippen molar-refractivity contribution >= 4 is 41.3 Å². The van der Waals surface area contributed by atoms with Crippen LogP contribution in [0.4, 0.5) is 0 Å². The summed E-state index contributed by atoms with van der Waals surface area (Å²) >= 11 is 1.87. The summed E-state index contributed by atoms with van der Waals surface area (Å²) in [6.07, 6.45) is 5.21. The van der Waals surface area contributed by atoms with Crippen LogP contribution in [-0.4, -0.2) is 55.5 Å². The highest BCUT2D eigenvalue weighted by molar-refractivity contribution is 14.0. The van der Waals surface area contributed by atoms with Gasteiger partial charge in [-0.15, -0.1) is 35.3 Å². The van der Waals surface area contributed by atoms with Crippen LogP contribution >= 0.6 is 35.3 Å². The minimum atomic E-state index is 0. The molecule has 0 spiro atoms. The number of piperidine rings is 1. The molecule has 0 unspecified atom stereocenters. The largest absolute Gasteiger partial charge is 0.356 e. The van der Waals surface area contributed by atoms with Crippen LogP contribution in [0.1, 0.15) is 41.7 Å². The summed E-state index contributed by atoms with van der Waals surface area (Å²) in [6, 6.07) is 13.4. The summed E-state index contributed by atoms with van der Waals surface area (Å²) in [5.41, 5.74) is 2.72. The predicted octanol–water partition coefficient (Wildman–Crippen LogP) is 4.54. The summed E-state index contributed by atoms with van der Waals surface area (Å²) in [5.74, 6) is 1.63. The van der Waals surface area contributed by atoms with Crippen molar-refractivity contribution in [2.24, 2.45) is 10.9 Å². The summed E-state index contributed by atoms with van der Waals surface area (Å²) in [7, 11) is 1.86. The number of guanidine groups is 1. The van der Waals surface area contributed by atoms with Gasteiger partial charge in [-0.2, -0.15) is 0 Å². The number of rotatable bonds is 8. The van der Waals surface area contributed by atoms with E-state index >= 15 is 0 Å². The quantitative estimate of drug-likeness (QED) is 0.280. The van der Waals surface area contributed by atoms with E-state index in [1.54, 1.807) is 0 Å². The van der Waals surface area contributed by atoms with Crippen molar-refractivity contribution in [2.75, 3.05) is 39.8 Å². The van der Waals surface area contributed by atoms with Gasteiger partial charge in [-0.1, -0.05) is 30.3 Å². The average molecular weight is 568 g/mol. The summed E-state index contributed by atoms with van der Waals surface area (Å²) < 4.78 is 0. The van der Waals surface area contributed by atoms with Crippen LogP contribution in [0, 0.1) is 5.92 Å². The average Bonchev–Trinajstić information content (AvgIpc) is 3.50. The van der Waals surface area contributed by atoms with Gasteiger partial charge in [-0.25, -0.2) is 0 Å². The normalized spacial score (nSPS) is 18.5. The van der Waals surface area contributed by atoms with E-state index in [0.29, 0.717) is 0 Å². The molecule has 0 saturated carbocycles. The second-order valence-corrected chi connectivity index (χ2v) is 9.94. The zero-order valence-electron chi connectivity index (χ0n) is 19.3. The Morgan fingerprint density at radius 2 is 1.62 bits per heavy atom. The van der Waals surface area contributed by atoms with E-state index in [-0.39, 0.29) is 24.0 Å². The molecule has 2 N–H and O–H groups in total. The second-order valence-electron chi connectivity index (χ2n) is 8.91. The number of halogens is 1. The van der Waals surface area contributed by atoms with Crippen LogP contribution in [0.25, 0.3) is 0 Å². The van der Waals surface area contributed by atoms with E-state index in [0.717, 1.165) is 38.1 Å². The smallest absolute Gasteiger partial charge is 0.191 e. The number of hydrogen-bond acceptors (Lipinski definition) is 4. The second kappa shape index (κ2) is 13.5.